The van der Waals surface area contributed by atoms with Crippen LogP contribution in [-0.2, 0) is 36.0 Å². The van der Waals surface area contributed by atoms with Crippen LogP contribution in [0.4, 0.5) is 0 Å². The number of aryl methyl sites for hydroxylation is 1. The first-order chi connectivity index (χ1) is 14.6. The number of fused-ring (bicyclic) bond motifs is 2. The Morgan fingerprint density at radius 2 is 2.10 bits per heavy atom. The van der Waals surface area contributed by atoms with Crippen molar-refractivity contribution in [2.45, 2.75) is 32.5 Å². The highest BCUT2D eigenvalue weighted by Crippen LogP contribution is 2.33. The number of carbonyl (C=O) groups is 1. The van der Waals surface area contributed by atoms with E-state index in [1.807, 2.05) is 54.2 Å². The predicted molar refractivity (Wildman–Crippen MR) is 112 cm³/mol. The van der Waals surface area contributed by atoms with Gasteiger partial charge in [0, 0.05) is 42.2 Å². The first kappa shape index (κ1) is 18.5. The van der Waals surface area contributed by atoms with Crippen LogP contribution in [0.3, 0.4) is 0 Å². The summed E-state index contributed by atoms with van der Waals surface area (Å²) < 4.78 is 18.7. The van der Waals surface area contributed by atoms with Crippen molar-refractivity contribution >= 4 is 16.9 Å². The number of nitrogens with zero attached hydrogens (tertiary/aromatic N) is 2. The molecule has 1 unspecified atom stereocenters. The Labute approximate surface area is 174 Å². The summed E-state index contributed by atoms with van der Waals surface area (Å²) in [6.45, 7) is 2.13. The fraction of sp³-hybridized carbons (Fsp3) is 0.250. The first-order valence-corrected chi connectivity index (χ1v) is 10.0. The molecule has 5 rings (SSSR count). The smallest absolute Gasteiger partial charge is 0.310 e. The van der Waals surface area contributed by atoms with Crippen molar-refractivity contribution in [1.82, 2.24) is 9.72 Å². The molecule has 152 valence electrons. The molecule has 6 nitrogen and oxygen atoms in total. The molecule has 0 aliphatic carbocycles. The van der Waals surface area contributed by atoms with Gasteiger partial charge < -0.3 is 18.6 Å². The molecule has 1 atom stereocenters. The zero-order valence-electron chi connectivity index (χ0n) is 16.9. The Balaban J connectivity index is 1.24. The van der Waals surface area contributed by atoms with Crippen LogP contribution in [0.5, 0.6) is 5.75 Å². The lowest BCUT2D eigenvalue weighted by Crippen LogP contribution is -2.07. The number of benzene rings is 2. The van der Waals surface area contributed by atoms with Crippen LogP contribution in [0, 0.1) is 0 Å². The van der Waals surface area contributed by atoms with E-state index in [-0.39, 0.29) is 25.1 Å². The Hall–Kier alpha value is -3.54. The highest BCUT2D eigenvalue weighted by atomic mass is 16.5. The van der Waals surface area contributed by atoms with Crippen LogP contribution in [0.1, 0.15) is 23.7 Å². The molecule has 0 saturated carbocycles. The summed E-state index contributed by atoms with van der Waals surface area (Å²) in [5.41, 5.74) is 4.71. The molecular formula is C24H22N2O4. The number of ether oxygens (including phenoxy) is 2. The topological polar surface area (TPSA) is 66.5 Å². The molecule has 0 radical (unpaired) electrons. The lowest BCUT2D eigenvalue weighted by Gasteiger charge is -2.03. The van der Waals surface area contributed by atoms with Crippen LogP contribution in [0.15, 0.2) is 59.3 Å². The van der Waals surface area contributed by atoms with E-state index in [1.165, 1.54) is 5.56 Å². The van der Waals surface area contributed by atoms with Gasteiger partial charge in [0.2, 0.25) is 0 Å². The van der Waals surface area contributed by atoms with Gasteiger partial charge in [-0.15, -0.1) is 0 Å². The van der Waals surface area contributed by atoms with Crippen LogP contribution >= 0.6 is 0 Å². The second kappa shape index (κ2) is 7.37. The fourth-order valence-corrected chi connectivity index (χ4v) is 4.00. The molecule has 4 aromatic rings. The Morgan fingerprint density at radius 3 is 3.00 bits per heavy atom. The minimum Gasteiger partial charge on any atom is -0.490 e. The molecule has 30 heavy (non-hydrogen) atoms. The summed E-state index contributed by atoms with van der Waals surface area (Å²) in [5.74, 6) is 1.22. The largest absolute Gasteiger partial charge is 0.490 e. The van der Waals surface area contributed by atoms with E-state index >= 15 is 0 Å². The molecule has 0 amide bonds. The van der Waals surface area contributed by atoms with Gasteiger partial charge in [-0.3, -0.25) is 4.79 Å². The zero-order chi connectivity index (χ0) is 20.7. The Morgan fingerprint density at radius 1 is 1.23 bits per heavy atom. The van der Waals surface area contributed by atoms with E-state index in [0.29, 0.717) is 11.5 Å². The third-order valence-electron chi connectivity index (χ3n) is 5.44. The molecule has 0 saturated heterocycles. The van der Waals surface area contributed by atoms with Crippen molar-refractivity contribution in [2.24, 2.45) is 7.05 Å². The van der Waals surface area contributed by atoms with Gasteiger partial charge in [-0.05, 0) is 30.2 Å². The average molecular weight is 402 g/mol. The molecule has 0 bridgehead atoms. The third-order valence-corrected chi connectivity index (χ3v) is 5.44. The minimum atomic E-state index is -0.296. The molecule has 6 heteroatoms. The van der Waals surface area contributed by atoms with Gasteiger partial charge in [-0.1, -0.05) is 35.5 Å². The average Bonchev–Trinajstić information content (AvgIpc) is 3.43. The number of rotatable bonds is 5. The second-order valence-electron chi connectivity index (χ2n) is 7.76. The van der Waals surface area contributed by atoms with E-state index in [2.05, 4.69) is 18.1 Å². The maximum atomic E-state index is 12.4. The highest BCUT2D eigenvalue weighted by molar-refractivity contribution is 5.87. The van der Waals surface area contributed by atoms with Gasteiger partial charge in [-0.25, -0.2) is 0 Å². The van der Waals surface area contributed by atoms with Crippen molar-refractivity contribution < 1.29 is 18.8 Å². The number of hydrogen-bond acceptors (Lipinski definition) is 5. The van der Waals surface area contributed by atoms with Gasteiger partial charge in [0.25, 0.3) is 0 Å². The molecule has 0 spiro atoms. The Kier molecular flexibility index (Phi) is 4.54. The van der Waals surface area contributed by atoms with E-state index < -0.39 is 0 Å². The molecule has 3 heterocycles. The van der Waals surface area contributed by atoms with Crippen molar-refractivity contribution in [1.29, 1.82) is 0 Å². The van der Waals surface area contributed by atoms with Gasteiger partial charge >= 0.3 is 5.97 Å². The monoisotopic (exact) mass is 402 g/mol. The van der Waals surface area contributed by atoms with Gasteiger partial charge in [0.1, 0.15) is 24.2 Å². The SMILES string of the molecule is CC1Cc2ccc(-c3cc(COC(=O)Cc4cn(C)c5ccccc45)no3)cc2O1. The standard InChI is InChI=1S/C24H22N2O4/c1-15-9-16-7-8-17(10-22(16)29-15)23-12-19(25-30-23)14-28-24(27)11-18-13-26(2)21-6-4-3-5-20(18)21/h3-8,10,12-13,15H,9,11,14H2,1-2H3. The van der Waals surface area contributed by atoms with Gasteiger partial charge in [0.05, 0.1) is 6.42 Å². The molecule has 2 aromatic heterocycles. The lowest BCUT2D eigenvalue weighted by atomic mass is 10.1. The molecule has 1 aliphatic rings. The lowest BCUT2D eigenvalue weighted by molar-refractivity contribution is -0.144. The summed E-state index contributed by atoms with van der Waals surface area (Å²) in [7, 11) is 1.97. The minimum absolute atomic E-state index is 0.0750. The number of aromatic nitrogens is 2. The summed E-state index contributed by atoms with van der Waals surface area (Å²) >= 11 is 0. The zero-order valence-corrected chi connectivity index (χ0v) is 16.9. The van der Waals surface area contributed by atoms with Gasteiger partial charge in [0.15, 0.2) is 5.76 Å². The van der Waals surface area contributed by atoms with Crippen LogP contribution in [-0.4, -0.2) is 21.8 Å². The van der Waals surface area contributed by atoms with E-state index in [1.54, 1.807) is 6.07 Å². The second-order valence-corrected chi connectivity index (χ2v) is 7.76. The quantitative estimate of drug-likeness (QED) is 0.462. The highest BCUT2D eigenvalue weighted by Gasteiger charge is 2.20. The first-order valence-electron chi connectivity index (χ1n) is 10.0. The number of esters is 1. The maximum Gasteiger partial charge on any atom is 0.310 e. The van der Waals surface area contributed by atoms with Crippen LogP contribution < -0.4 is 4.74 Å². The van der Waals surface area contributed by atoms with E-state index in [4.69, 9.17) is 14.0 Å². The number of hydrogen-bond donors (Lipinski definition) is 0. The maximum absolute atomic E-state index is 12.4. The fourth-order valence-electron chi connectivity index (χ4n) is 4.00. The summed E-state index contributed by atoms with van der Waals surface area (Å²) in [4.78, 5) is 12.4. The summed E-state index contributed by atoms with van der Waals surface area (Å²) in [6.07, 6.45) is 3.30. The summed E-state index contributed by atoms with van der Waals surface area (Å²) in [6, 6.07) is 15.8. The third kappa shape index (κ3) is 3.45. The number of carbonyl (C=O) groups excluding carboxylic acids is 1. The van der Waals surface area contributed by atoms with Crippen LogP contribution in [0.2, 0.25) is 0 Å². The molecule has 1 aliphatic heterocycles. The van der Waals surface area contributed by atoms with Crippen molar-refractivity contribution in [3.05, 3.63) is 71.5 Å². The molecule has 2 aromatic carbocycles. The van der Waals surface area contributed by atoms with Crippen LogP contribution in [0.25, 0.3) is 22.2 Å². The molecular weight excluding hydrogens is 380 g/mol. The normalized spacial score (nSPS) is 15.2. The van der Waals surface area contributed by atoms with Crippen molar-refractivity contribution in [3.8, 4) is 17.1 Å². The number of para-hydroxylation sites is 1. The van der Waals surface area contributed by atoms with E-state index in [0.717, 1.165) is 34.2 Å². The van der Waals surface area contributed by atoms with E-state index in [9.17, 15) is 4.79 Å². The summed E-state index contributed by atoms with van der Waals surface area (Å²) in [5, 5.41) is 5.10. The molecule has 0 fully saturated rings. The predicted octanol–water partition coefficient (Wildman–Crippen LogP) is 4.44. The molecule has 0 N–H and O–H groups in total. The van der Waals surface area contributed by atoms with Crippen molar-refractivity contribution in [2.75, 3.05) is 0 Å². The Bertz CT molecular complexity index is 1240. The van der Waals surface area contributed by atoms with Gasteiger partial charge in [-0.2, -0.15) is 0 Å². The van der Waals surface area contributed by atoms with Crippen molar-refractivity contribution in [3.63, 3.8) is 0 Å².